The van der Waals surface area contributed by atoms with Gasteiger partial charge in [-0.1, -0.05) is 0 Å². The Labute approximate surface area is 150 Å². The number of hydrogen-bond donors (Lipinski definition) is 2. The standard InChI is InChI=1S/C20H20N6/c1-10-7-16-17(8-11(10)2)26(19(23-16)12-3-4-12)13-5-6-14-15(9-13)24-20(22)25-18(14)21/h5-9,12H,3-4H2,1-2H3,(H4,21,22,24,25). The van der Waals surface area contributed by atoms with Crippen molar-refractivity contribution in [2.75, 3.05) is 11.5 Å². The molecule has 6 nitrogen and oxygen atoms in total. The van der Waals surface area contributed by atoms with E-state index in [1.54, 1.807) is 0 Å². The summed E-state index contributed by atoms with van der Waals surface area (Å²) in [6.07, 6.45) is 2.38. The molecule has 0 bridgehead atoms. The van der Waals surface area contributed by atoms with E-state index in [0.29, 0.717) is 11.7 Å². The third-order valence-electron chi connectivity index (χ3n) is 5.22. The predicted molar refractivity (Wildman–Crippen MR) is 104 cm³/mol. The molecule has 0 unspecified atom stereocenters. The summed E-state index contributed by atoms with van der Waals surface area (Å²) in [6.45, 7) is 4.26. The topological polar surface area (TPSA) is 95.6 Å². The van der Waals surface area contributed by atoms with Gasteiger partial charge in [-0.3, -0.25) is 4.57 Å². The van der Waals surface area contributed by atoms with Gasteiger partial charge in [0.05, 0.1) is 16.6 Å². The first-order valence-corrected chi connectivity index (χ1v) is 8.84. The Morgan fingerprint density at radius 1 is 0.923 bits per heavy atom. The molecule has 1 fully saturated rings. The highest BCUT2D eigenvalue weighted by Crippen LogP contribution is 2.42. The zero-order valence-corrected chi connectivity index (χ0v) is 14.8. The highest BCUT2D eigenvalue weighted by Gasteiger charge is 2.30. The van der Waals surface area contributed by atoms with Crippen molar-refractivity contribution in [2.24, 2.45) is 0 Å². The first kappa shape index (κ1) is 15.1. The van der Waals surface area contributed by atoms with Crippen molar-refractivity contribution in [3.05, 3.63) is 47.3 Å². The van der Waals surface area contributed by atoms with Crippen LogP contribution in [-0.2, 0) is 0 Å². The molecule has 4 aromatic rings. The van der Waals surface area contributed by atoms with Crippen LogP contribution in [0.2, 0.25) is 0 Å². The second kappa shape index (κ2) is 5.17. The number of aryl methyl sites for hydroxylation is 2. The van der Waals surface area contributed by atoms with Gasteiger partial charge in [0.2, 0.25) is 5.95 Å². The Morgan fingerprint density at radius 2 is 1.69 bits per heavy atom. The Hall–Kier alpha value is -3.15. The fraction of sp³-hybridized carbons (Fsp3) is 0.250. The zero-order chi connectivity index (χ0) is 18.0. The maximum atomic E-state index is 5.99. The predicted octanol–water partition coefficient (Wildman–Crippen LogP) is 3.63. The maximum Gasteiger partial charge on any atom is 0.222 e. The fourth-order valence-corrected chi connectivity index (χ4v) is 3.54. The minimum absolute atomic E-state index is 0.191. The van der Waals surface area contributed by atoms with Gasteiger partial charge in [-0.05, 0) is 68.1 Å². The lowest BCUT2D eigenvalue weighted by Gasteiger charge is -2.11. The third-order valence-corrected chi connectivity index (χ3v) is 5.22. The second-order valence-corrected chi connectivity index (χ2v) is 7.17. The first-order chi connectivity index (χ1) is 12.5. The van der Waals surface area contributed by atoms with Crippen LogP contribution >= 0.6 is 0 Å². The molecule has 0 aliphatic heterocycles. The van der Waals surface area contributed by atoms with E-state index >= 15 is 0 Å². The number of imidazole rings is 1. The zero-order valence-electron chi connectivity index (χ0n) is 14.8. The summed E-state index contributed by atoms with van der Waals surface area (Å²) in [5.74, 6) is 2.25. The molecule has 130 valence electrons. The number of nitrogens with two attached hydrogens (primary N) is 2. The summed E-state index contributed by atoms with van der Waals surface area (Å²) in [5, 5.41) is 0.812. The number of rotatable bonds is 2. The SMILES string of the molecule is Cc1cc2nc(C3CC3)n(-c3ccc4c(N)nc(N)nc4c3)c2cc1C. The number of nitrogens with zero attached hydrogens (tertiary/aromatic N) is 4. The van der Waals surface area contributed by atoms with Crippen molar-refractivity contribution in [3.8, 4) is 5.69 Å². The number of nitrogen functional groups attached to an aromatic ring is 2. The lowest BCUT2D eigenvalue weighted by molar-refractivity contribution is 0.897. The number of anilines is 2. The molecule has 0 amide bonds. The minimum atomic E-state index is 0.191. The van der Waals surface area contributed by atoms with Gasteiger partial charge >= 0.3 is 0 Å². The number of benzene rings is 2. The summed E-state index contributed by atoms with van der Waals surface area (Å²) in [6, 6.07) is 10.4. The van der Waals surface area contributed by atoms with E-state index in [2.05, 4.69) is 46.6 Å². The molecule has 0 saturated heterocycles. The van der Waals surface area contributed by atoms with E-state index in [9.17, 15) is 0 Å². The Balaban J connectivity index is 1.81. The molecule has 2 heterocycles. The monoisotopic (exact) mass is 344 g/mol. The largest absolute Gasteiger partial charge is 0.383 e. The van der Waals surface area contributed by atoms with Gasteiger partial charge in [-0.25, -0.2) is 9.97 Å². The summed E-state index contributed by atoms with van der Waals surface area (Å²) in [4.78, 5) is 13.4. The van der Waals surface area contributed by atoms with Crippen LogP contribution < -0.4 is 11.5 Å². The van der Waals surface area contributed by atoms with Crippen LogP contribution in [0.1, 0.15) is 35.7 Å². The van der Waals surface area contributed by atoms with Crippen LogP contribution in [-0.4, -0.2) is 19.5 Å². The molecule has 1 aliphatic carbocycles. The van der Waals surface area contributed by atoms with Crippen LogP contribution in [0.4, 0.5) is 11.8 Å². The number of hydrogen-bond acceptors (Lipinski definition) is 5. The van der Waals surface area contributed by atoms with Crippen molar-refractivity contribution in [1.82, 2.24) is 19.5 Å². The number of fused-ring (bicyclic) bond motifs is 2. The Morgan fingerprint density at radius 3 is 2.46 bits per heavy atom. The molecule has 2 aromatic carbocycles. The van der Waals surface area contributed by atoms with E-state index < -0.39 is 0 Å². The highest BCUT2D eigenvalue weighted by molar-refractivity contribution is 5.91. The molecule has 0 spiro atoms. The minimum Gasteiger partial charge on any atom is -0.383 e. The van der Waals surface area contributed by atoms with Crippen molar-refractivity contribution < 1.29 is 0 Å². The Kier molecular flexibility index (Phi) is 3.01. The fourth-order valence-electron chi connectivity index (χ4n) is 3.54. The van der Waals surface area contributed by atoms with E-state index in [1.165, 1.54) is 24.0 Å². The van der Waals surface area contributed by atoms with Crippen molar-refractivity contribution in [3.63, 3.8) is 0 Å². The van der Waals surface area contributed by atoms with Gasteiger partial charge in [0, 0.05) is 17.0 Å². The first-order valence-electron chi connectivity index (χ1n) is 8.84. The smallest absolute Gasteiger partial charge is 0.222 e. The van der Waals surface area contributed by atoms with Crippen molar-refractivity contribution >= 4 is 33.7 Å². The lowest BCUT2D eigenvalue weighted by Crippen LogP contribution is -2.03. The highest BCUT2D eigenvalue weighted by atomic mass is 15.1. The average molecular weight is 344 g/mol. The van der Waals surface area contributed by atoms with Gasteiger partial charge in [0.15, 0.2) is 0 Å². The molecule has 5 rings (SSSR count). The van der Waals surface area contributed by atoms with Gasteiger partial charge < -0.3 is 11.5 Å². The van der Waals surface area contributed by atoms with E-state index in [0.717, 1.165) is 33.4 Å². The van der Waals surface area contributed by atoms with Crippen LogP contribution in [0.3, 0.4) is 0 Å². The molecule has 1 aliphatic rings. The molecular weight excluding hydrogens is 324 g/mol. The van der Waals surface area contributed by atoms with E-state index in [4.69, 9.17) is 16.5 Å². The van der Waals surface area contributed by atoms with E-state index in [1.807, 2.05) is 12.1 Å². The summed E-state index contributed by atoms with van der Waals surface area (Å²) < 4.78 is 2.26. The second-order valence-electron chi connectivity index (χ2n) is 7.17. The van der Waals surface area contributed by atoms with Crippen LogP contribution in [0.15, 0.2) is 30.3 Å². The number of aromatic nitrogens is 4. The van der Waals surface area contributed by atoms with E-state index in [-0.39, 0.29) is 5.95 Å². The van der Waals surface area contributed by atoms with Crippen LogP contribution in [0, 0.1) is 13.8 Å². The Bertz CT molecular complexity index is 1190. The summed E-state index contributed by atoms with van der Waals surface area (Å²) in [5.41, 5.74) is 18.2. The quantitative estimate of drug-likeness (QED) is 0.579. The molecule has 6 heteroatoms. The molecule has 26 heavy (non-hydrogen) atoms. The molecular formula is C20H20N6. The molecule has 0 radical (unpaired) electrons. The van der Waals surface area contributed by atoms with Crippen molar-refractivity contribution in [2.45, 2.75) is 32.6 Å². The van der Waals surface area contributed by atoms with Crippen LogP contribution in [0.25, 0.3) is 27.6 Å². The summed E-state index contributed by atoms with van der Waals surface area (Å²) >= 11 is 0. The summed E-state index contributed by atoms with van der Waals surface area (Å²) in [7, 11) is 0. The van der Waals surface area contributed by atoms with Crippen LogP contribution in [0.5, 0.6) is 0 Å². The molecule has 2 aromatic heterocycles. The van der Waals surface area contributed by atoms with Gasteiger partial charge in [-0.15, -0.1) is 0 Å². The normalized spacial score (nSPS) is 14.4. The maximum absolute atomic E-state index is 5.99. The molecule has 4 N–H and O–H groups in total. The van der Waals surface area contributed by atoms with Gasteiger partial charge in [0.25, 0.3) is 0 Å². The van der Waals surface area contributed by atoms with Gasteiger partial charge in [-0.2, -0.15) is 4.98 Å². The average Bonchev–Trinajstić information content (AvgIpc) is 3.37. The lowest BCUT2D eigenvalue weighted by atomic mass is 10.1. The molecule has 0 atom stereocenters. The third kappa shape index (κ3) is 2.22. The van der Waals surface area contributed by atoms with Crippen molar-refractivity contribution in [1.29, 1.82) is 0 Å². The van der Waals surface area contributed by atoms with Gasteiger partial charge in [0.1, 0.15) is 11.6 Å². The molecule has 1 saturated carbocycles.